The zero-order valence-corrected chi connectivity index (χ0v) is 20.4. The number of urea groups is 1. The first-order valence-electron chi connectivity index (χ1n) is 12.3. The Labute approximate surface area is 208 Å². The third-order valence-corrected chi connectivity index (χ3v) is 6.81. The van der Waals surface area contributed by atoms with Gasteiger partial charge in [0, 0.05) is 50.9 Å². The second-order valence-corrected chi connectivity index (χ2v) is 9.20. The van der Waals surface area contributed by atoms with Gasteiger partial charge in [0.2, 0.25) is 5.91 Å². The fraction of sp³-hybridized carbons (Fsp3) is 0.560. The van der Waals surface area contributed by atoms with E-state index in [-0.39, 0.29) is 30.5 Å². The number of rotatable bonds is 7. The van der Waals surface area contributed by atoms with E-state index in [9.17, 15) is 27.6 Å². The van der Waals surface area contributed by atoms with Crippen LogP contribution in [-0.4, -0.2) is 78.5 Å². The van der Waals surface area contributed by atoms with E-state index in [1.807, 2.05) is 4.90 Å². The number of carbonyl (C=O) groups is 3. The molecule has 1 aromatic carbocycles. The van der Waals surface area contributed by atoms with Crippen LogP contribution in [0.1, 0.15) is 43.9 Å². The van der Waals surface area contributed by atoms with Gasteiger partial charge in [0.1, 0.15) is 0 Å². The second kappa shape index (κ2) is 10.5. The molecular weight excluding hydrogens is 477 g/mol. The minimum absolute atomic E-state index is 0.109. The highest BCUT2D eigenvalue weighted by Crippen LogP contribution is 2.35. The Morgan fingerprint density at radius 1 is 1.06 bits per heavy atom. The summed E-state index contributed by atoms with van der Waals surface area (Å²) in [5.41, 5.74) is 0.206. The number of benzene rings is 1. The van der Waals surface area contributed by atoms with E-state index in [4.69, 9.17) is 4.74 Å². The summed E-state index contributed by atoms with van der Waals surface area (Å²) < 4.78 is 44.6. The molecule has 1 aromatic rings. The number of alkyl halides is 3. The van der Waals surface area contributed by atoms with Crippen LogP contribution in [0.5, 0.6) is 0 Å². The molecule has 0 aromatic heterocycles. The molecule has 0 spiro atoms. The zero-order valence-electron chi connectivity index (χ0n) is 20.4. The summed E-state index contributed by atoms with van der Waals surface area (Å²) in [4.78, 5) is 44.0. The molecule has 1 N–H and O–H groups in total. The quantitative estimate of drug-likeness (QED) is 0.573. The summed E-state index contributed by atoms with van der Waals surface area (Å²) in [7, 11) is 0. The lowest BCUT2D eigenvalue weighted by atomic mass is 9.93. The first kappa shape index (κ1) is 26.0. The smallest absolute Gasteiger partial charge is 0.416 e. The van der Waals surface area contributed by atoms with Gasteiger partial charge < -0.3 is 15.0 Å². The van der Waals surface area contributed by atoms with Gasteiger partial charge >= 0.3 is 18.2 Å². The Bertz CT molecular complexity index is 1030. The Kier molecular flexibility index (Phi) is 7.58. The van der Waals surface area contributed by atoms with E-state index in [1.165, 1.54) is 17.0 Å². The van der Waals surface area contributed by atoms with Crippen molar-refractivity contribution in [3.8, 4) is 0 Å². The van der Waals surface area contributed by atoms with Crippen LogP contribution in [0.3, 0.4) is 0 Å². The lowest BCUT2D eigenvalue weighted by Crippen LogP contribution is -2.54. The third-order valence-electron chi connectivity index (χ3n) is 6.81. The molecule has 36 heavy (non-hydrogen) atoms. The lowest BCUT2D eigenvalue weighted by molar-refractivity contribution is -0.139. The standard InChI is InChI=1S/C25H31F3N4O4/c1-3-32-19(15-30-11-13-31(14-12-30)22(33)17-5-6-17)20(23(34)36-4-2)21(29-24(32)35)16-7-9-18(10-8-16)25(26,27)28/h7-10,17,21H,3-6,11-15H2,1-2H3,(H,29,35)/t21-/m0/s1. The summed E-state index contributed by atoms with van der Waals surface area (Å²) in [6.45, 7) is 6.44. The normalized spacial score (nSPS) is 21.5. The molecule has 0 radical (unpaired) electrons. The van der Waals surface area contributed by atoms with Crippen molar-refractivity contribution >= 4 is 17.9 Å². The van der Waals surface area contributed by atoms with Gasteiger partial charge in [-0.2, -0.15) is 13.2 Å². The summed E-state index contributed by atoms with van der Waals surface area (Å²) >= 11 is 0. The molecule has 2 aliphatic heterocycles. The average molecular weight is 509 g/mol. The number of nitrogens with one attached hydrogen (secondary N) is 1. The SMILES string of the molecule is CCOC(=O)C1=C(CN2CCN(C(=O)C3CC3)CC2)N(CC)C(=O)N[C@H]1c1ccc(C(F)(F)F)cc1. The molecule has 1 atom stereocenters. The minimum atomic E-state index is -4.50. The Morgan fingerprint density at radius 3 is 2.22 bits per heavy atom. The molecule has 2 heterocycles. The number of likely N-dealkylation sites (N-methyl/N-ethyl adjacent to an activating group) is 1. The summed E-state index contributed by atoms with van der Waals surface area (Å²) in [5, 5.41) is 2.77. The van der Waals surface area contributed by atoms with Crippen molar-refractivity contribution < 1.29 is 32.3 Å². The number of halogens is 3. The highest BCUT2D eigenvalue weighted by atomic mass is 19.4. The van der Waals surface area contributed by atoms with Crippen LogP contribution in [-0.2, 0) is 20.5 Å². The van der Waals surface area contributed by atoms with Gasteiger partial charge in [-0.15, -0.1) is 0 Å². The van der Waals surface area contributed by atoms with Crippen molar-refractivity contribution in [1.82, 2.24) is 20.0 Å². The maximum absolute atomic E-state index is 13.1. The Hall–Kier alpha value is -3.08. The maximum atomic E-state index is 13.1. The Morgan fingerprint density at radius 2 is 1.69 bits per heavy atom. The predicted octanol–water partition coefficient (Wildman–Crippen LogP) is 3.16. The van der Waals surface area contributed by atoms with Crippen molar-refractivity contribution in [1.29, 1.82) is 0 Å². The van der Waals surface area contributed by atoms with Crippen LogP contribution in [0.4, 0.5) is 18.0 Å². The predicted molar refractivity (Wildman–Crippen MR) is 124 cm³/mol. The molecule has 196 valence electrons. The second-order valence-electron chi connectivity index (χ2n) is 9.20. The van der Waals surface area contributed by atoms with Crippen LogP contribution in [0.15, 0.2) is 35.5 Å². The minimum Gasteiger partial charge on any atom is -0.463 e. The molecular formula is C25H31F3N4O4. The highest BCUT2D eigenvalue weighted by Gasteiger charge is 2.40. The lowest BCUT2D eigenvalue weighted by Gasteiger charge is -2.40. The van der Waals surface area contributed by atoms with Crippen molar-refractivity contribution in [2.24, 2.45) is 5.92 Å². The topological polar surface area (TPSA) is 82.2 Å². The van der Waals surface area contributed by atoms with E-state index in [1.54, 1.807) is 13.8 Å². The number of hydrogen-bond donors (Lipinski definition) is 1. The molecule has 1 aliphatic carbocycles. The largest absolute Gasteiger partial charge is 0.463 e. The molecule has 3 aliphatic rings. The molecule has 1 saturated carbocycles. The number of piperazine rings is 1. The van der Waals surface area contributed by atoms with E-state index in [0.717, 1.165) is 25.0 Å². The number of carbonyl (C=O) groups excluding carboxylic acids is 3. The highest BCUT2D eigenvalue weighted by molar-refractivity contribution is 5.95. The number of hydrogen-bond acceptors (Lipinski definition) is 5. The van der Waals surface area contributed by atoms with Crippen molar-refractivity contribution in [2.45, 2.75) is 38.9 Å². The molecule has 4 rings (SSSR count). The zero-order chi connectivity index (χ0) is 26.0. The van der Waals surface area contributed by atoms with E-state index < -0.39 is 29.8 Å². The molecule has 2 fully saturated rings. The Balaban J connectivity index is 1.64. The number of nitrogens with zero attached hydrogens (tertiary/aromatic N) is 3. The van der Waals surface area contributed by atoms with Gasteiger partial charge in [0.15, 0.2) is 0 Å². The maximum Gasteiger partial charge on any atom is 0.416 e. The monoisotopic (exact) mass is 508 g/mol. The number of ether oxygens (including phenoxy) is 1. The van der Waals surface area contributed by atoms with Crippen molar-refractivity contribution in [2.75, 3.05) is 45.9 Å². The van der Waals surface area contributed by atoms with Gasteiger partial charge in [-0.3, -0.25) is 14.6 Å². The first-order chi connectivity index (χ1) is 17.1. The van der Waals surface area contributed by atoms with Gasteiger partial charge in [-0.25, -0.2) is 9.59 Å². The van der Waals surface area contributed by atoms with Crippen molar-refractivity contribution in [3.05, 3.63) is 46.7 Å². The molecule has 3 amide bonds. The van der Waals surface area contributed by atoms with E-state index in [0.29, 0.717) is 44.0 Å². The first-order valence-corrected chi connectivity index (χ1v) is 12.3. The van der Waals surface area contributed by atoms with Crippen LogP contribution >= 0.6 is 0 Å². The fourth-order valence-electron chi connectivity index (χ4n) is 4.70. The molecule has 0 bridgehead atoms. The number of amides is 3. The van der Waals surface area contributed by atoms with Gasteiger partial charge in [0.25, 0.3) is 0 Å². The molecule has 8 nitrogen and oxygen atoms in total. The summed E-state index contributed by atoms with van der Waals surface area (Å²) in [6, 6.07) is 3.03. The summed E-state index contributed by atoms with van der Waals surface area (Å²) in [6.07, 6.45) is -2.61. The van der Waals surface area contributed by atoms with E-state index in [2.05, 4.69) is 10.2 Å². The van der Waals surface area contributed by atoms with Crippen LogP contribution < -0.4 is 5.32 Å². The number of esters is 1. The molecule has 0 unspecified atom stereocenters. The van der Waals surface area contributed by atoms with Gasteiger partial charge in [-0.05, 0) is 44.4 Å². The van der Waals surface area contributed by atoms with Gasteiger partial charge in [0.05, 0.1) is 23.8 Å². The van der Waals surface area contributed by atoms with E-state index >= 15 is 0 Å². The summed E-state index contributed by atoms with van der Waals surface area (Å²) in [5.74, 6) is -0.286. The molecule has 11 heteroatoms. The van der Waals surface area contributed by atoms with Gasteiger partial charge in [-0.1, -0.05) is 12.1 Å². The van der Waals surface area contributed by atoms with Crippen LogP contribution in [0, 0.1) is 5.92 Å². The third kappa shape index (κ3) is 5.50. The average Bonchev–Trinajstić information content (AvgIpc) is 3.69. The van der Waals surface area contributed by atoms with Crippen molar-refractivity contribution in [3.63, 3.8) is 0 Å². The van der Waals surface area contributed by atoms with Crippen LogP contribution in [0.25, 0.3) is 0 Å². The molecule has 1 saturated heterocycles. The fourth-order valence-corrected chi connectivity index (χ4v) is 4.70. The van der Waals surface area contributed by atoms with Crippen LogP contribution in [0.2, 0.25) is 0 Å².